The number of nitrogens with one attached hydrogen (secondary N) is 1. The first-order chi connectivity index (χ1) is 9.70. The zero-order valence-corrected chi connectivity index (χ0v) is 11.3. The second-order valence-corrected chi connectivity index (χ2v) is 4.32. The summed E-state index contributed by atoms with van der Waals surface area (Å²) in [6.45, 7) is 0.538. The van der Waals surface area contributed by atoms with Gasteiger partial charge in [0.15, 0.2) is 0 Å². The van der Waals surface area contributed by atoms with Gasteiger partial charge in [0.25, 0.3) is 5.91 Å². The molecule has 0 aliphatic carbocycles. The van der Waals surface area contributed by atoms with Crippen LogP contribution in [0.4, 0.5) is 5.69 Å². The van der Waals surface area contributed by atoms with Crippen LogP contribution in [0.5, 0.6) is 5.75 Å². The van der Waals surface area contributed by atoms with Crippen LogP contribution in [-0.4, -0.2) is 24.5 Å². The first-order valence-corrected chi connectivity index (χ1v) is 6.31. The topological polar surface area (TPSA) is 77.2 Å². The molecule has 2 aromatic rings. The molecule has 0 atom stereocenters. The number of nitrogen functional groups attached to an aromatic ring is 1. The number of aromatic nitrogens is 1. The molecule has 0 fully saturated rings. The standard InChI is InChI=1S/C15H17N3O2/c1-20-12-4-5-13(14(16)9-12)15(19)18-8-6-11-3-2-7-17-10-11/h2-5,7,9-10H,6,8,16H2,1H3,(H,18,19). The Balaban J connectivity index is 1.92. The molecule has 104 valence electrons. The molecule has 0 saturated heterocycles. The van der Waals surface area contributed by atoms with Crippen molar-refractivity contribution in [2.75, 3.05) is 19.4 Å². The van der Waals surface area contributed by atoms with Crippen molar-refractivity contribution < 1.29 is 9.53 Å². The first kappa shape index (κ1) is 13.9. The number of benzene rings is 1. The number of hydrogen-bond acceptors (Lipinski definition) is 4. The van der Waals surface area contributed by atoms with Gasteiger partial charge in [0.05, 0.1) is 12.7 Å². The van der Waals surface area contributed by atoms with Crippen LogP contribution < -0.4 is 15.8 Å². The molecule has 0 unspecified atom stereocenters. The van der Waals surface area contributed by atoms with Crippen LogP contribution in [0.25, 0.3) is 0 Å². The largest absolute Gasteiger partial charge is 0.497 e. The Bertz CT molecular complexity index is 585. The minimum atomic E-state index is -0.186. The number of carbonyl (C=O) groups excluding carboxylic acids is 1. The van der Waals surface area contributed by atoms with Crippen molar-refractivity contribution in [3.05, 3.63) is 53.9 Å². The minimum Gasteiger partial charge on any atom is -0.497 e. The summed E-state index contributed by atoms with van der Waals surface area (Å²) in [6.07, 6.45) is 4.24. The number of amides is 1. The third kappa shape index (κ3) is 3.47. The third-order valence-corrected chi connectivity index (χ3v) is 2.93. The van der Waals surface area contributed by atoms with Crippen molar-refractivity contribution in [2.45, 2.75) is 6.42 Å². The van der Waals surface area contributed by atoms with Crippen molar-refractivity contribution in [3.8, 4) is 5.75 Å². The predicted octanol–water partition coefficient (Wildman–Crippen LogP) is 1.64. The molecule has 2 rings (SSSR count). The maximum absolute atomic E-state index is 12.0. The van der Waals surface area contributed by atoms with Gasteiger partial charge < -0.3 is 15.8 Å². The van der Waals surface area contributed by atoms with E-state index in [0.29, 0.717) is 23.5 Å². The van der Waals surface area contributed by atoms with Crippen LogP contribution in [-0.2, 0) is 6.42 Å². The Labute approximate surface area is 117 Å². The number of ether oxygens (including phenoxy) is 1. The van der Waals surface area contributed by atoms with Gasteiger partial charge in [-0.3, -0.25) is 9.78 Å². The Morgan fingerprint density at radius 3 is 2.90 bits per heavy atom. The molecule has 5 nitrogen and oxygen atoms in total. The van der Waals surface area contributed by atoms with E-state index in [1.807, 2.05) is 12.1 Å². The van der Waals surface area contributed by atoms with Crippen LogP contribution >= 0.6 is 0 Å². The minimum absolute atomic E-state index is 0.186. The van der Waals surface area contributed by atoms with Gasteiger partial charge in [-0.15, -0.1) is 0 Å². The molecule has 3 N–H and O–H groups in total. The molecule has 0 bridgehead atoms. The third-order valence-electron chi connectivity index (χ3n) is 2.93. The number of carbonyl (C=O) groups is 1. The van der Waals surface area contributed by atoms with E-state index >= 15 is 0 Å². The summed E-state index contributed by atoms with van der Waals surface area (Å²) >= 11 is 0. The first-order valence-electron chi connectivity index (χ1n) is 6.31. The molecular weight excluding hydrogens is 254 g/mol. The fourth-order valence-corrected chi connectivity index (χ4v) is 1.84. The SMILES string of the molecule is COc1ccc(C(=O)NCCc2cccnc2)c(N)c1. The summed E-state index contributed by atoms with van der Waals surface area (Å²) in [6, 6.07) is 8.86. The van der Waals surface area contributed by atoms with E-state index in [0.717, 1.165) is 12.0 Å². The van der Waals surface area contributed by atoms with E-state index < -0.39 is 0 Å². The summed E-state index contributed by atoms with van der Waals surface area (Å²) in [5.74, 6) is 0.448. The molecule has 1 aromatic carbocycles. The average molecular weight is 271 g/mol. The highest BCUT2D eigenvalue weighted by molar-refractivity contribution is 5.99. The molecule has 0 aliphatic heterocycles. The lowest BCUT2D eigenvalue weighted by atomic mass is 10.1. The van der Waals surface area contributed by atoms with Gasteiger partial charge in [0.2, 0.25) is 0 Å². The van der Waals surface area contributed by atoms with Crippen molar-refractivity contribution >= 4 is 11.6 Å². The zero-order valence-electron chi connectivity index (χ0n) is 11.3. The highest BCUT2D eigenvalue weighted by atomic mass is 16.5. The highest BCUT2D eigenvalue weighted by Gasteiger charge is 2.09. The highest BCUT2D eigenvalue weighted by Crippen LogP contribution is 2.19. The fourth-order valence-electron chi connectivity index (χ4n) is 1.84. The Morgan fingerprint density at radius 1 is 1.40 bits per heavy atom. The maximum atomic E-state index is 12.0. The van der Waals surface area contributed by atoms with Crippen LogP contribution in [0.3, 0.4) is 0 Å². The number of rotatable bonds is 5. The maximum Gasteiger partial charge on any atom is 0.253 e. The van der Waals surface area contributed by atoms with Gasteiger partial charge in [0, 0.05) is 30.7 Å². The number of methoxy groups -OCH3 is 1. The van der Waals surface area contributed by atoms with Crippen molar-refractivity contribution in [1.29, 1.82) is 0 Å². The van der Waals surface area contributed by atoms with Crippen molar-refractivity contribution in [3.63, 3.8) is 0 Å². The molecule has 20 heavy (non-hydrogen) atoms. The quantitative estimate of drug-likeness (QED) is 0.810. The lowest BCUT2D eigenvalue weighted by Gasteiger charge is -2.09. The Kier molecular flexibility index (Phi) is 4.55. The molecule has 0 saturated carbocycles. The summed E-state index contributed by atoms with van der Waals surface area (Å²) in [4.78, 5) is 16.0. The van der Waals surface area contributed by atoms with Gasteiger partial charge in [-0.05, 0) is 30.2 Å². The monoisotopic (exact) mass is 271 g/mol. The molecule has 0 spiro atoms. The molecule has 1 heterocycles. The van der Waals surface area contributed by atoms with Crippen LogP contribution in [0.2, 0.25) is 0 Å². The van der Waals surface area contributed by atoms with Gasteiger partial charge in [-0.1, -0.05) is 6.07 Å². The summed E-state index contributed by atoms with van der Waals surface area (Å²) in [5.41, 5.74) is 7.77. The van der Waals surface area contributed by atoms with Crippen LogP contribution in [0.15, 0.2) is 42.7 Å². The number of anilines is 1. The van der Waals surface area contributed by atoms with Crippen molar-refractivity contribution in [2.24, 2.45) is 0 Å². The van der Waals surface area contributed by atoms with E-state index in [4.69, 9.17) is 10.5 Å². The number of pyridine rings is 1. The second kappa shape index (κ2) is 6.56. The molecule has 1 amide bonds. The Morgan fingerprint density at radius 2 is 2.25 bits per heavy atom. The van der Waals surface area contributed by atoms with Gasteiger partial charge in [0.1, 0.15) is 5.75 Å². The smallest absolute Gasteiger partial charge is 0.253 e. The van der Waals surface area contributed by atoms with Gasteiger partial charge in [-0.25, -0.2) is 0 Å². The summed E-state index contributed by atoms with van der Waals surface area (Å²) < 4.78 is 5.05. The summed E-state index contributed by atoms with van der Waals surface area (Å²) in [5, 5.41) is 2.84. The Hall–Kier alpha value is -2.56. The molecule has 0 aliphatic rings. The lowest BCUT2D eigenvalue weighted by Crippen LogP contribution is -2.26. The zero-order chi connectivity index (χ0) is 14.4. The fraction of sp³-hybridized carbons (Fsp3) is 0.200. The van der Waals surface area contributed by atoms with Gasteiger partial charge in [-0.2, -0.15) is 0 Å². The lowest BCUT2D eigenvalue weighted by molar-refractivity contribution is 0.0955. The number of nitrogens with zero attached hydrogens (tertiary/aromatic N) is 1. The predicted molar refractivity (Wildman–Crippen MR) is 77.7 cm³/mol. The molecular formula is C15H17N3O2. The van der Waals surface area contributed by atoms with Gasteiger partial charge >= 0.3 is 0 Å². The van der Waals surface area contributed by atoms with Crippen LogP contribution in [0, 0.1) is 0 Å². The van der Waals surface area contributed by atoms with E-state index in [1.54, 1.807) is 37.7 Å². The molecule has 1 aromatic heterocycles. The number of hydrogen-bond donors (Lipinski definition) is 2. The van der Waals surface area contributed by atoms with Crippen LogP contribution in [0.1, 0.15) is 15.9 Å². The second-order valence-electron chi connectivity index (χ2n) is 4.32. The summed E-state index contributed by atoms with van der Waals surface area (Å²) in [7, 11) is 1.56. The number of nitrogens with two attached hydrogens (primary N) is 1. The van der Waals surface area contributed by atoms with E-state index in [1.165, 1.54) is 0 Å². The molecule has 0 radical (unpaired) electrons. The van der Waals surface area contributed by atoms with Crippen molar-refractivity contribution in [1.82, 2.24) is 10.3 Å². The average Bonchev–Trinajstić information content (AvgIpc) is 2.48. The van der Waals surface area contributed by atoms with E-state index in [2.05, 4.69) is 10.3 Å². The van der Waals surface area contributed by atoms with E-state index in [9.17, 15) is 4.79 Å². The van der Waals surface area contributed by atoms with E-state index in [-0.39, 0.29) is 5.91 Å². The molecule has 5 heteroatoms. The normalized spacial score (nSPS) is 10.1.